The second-order valence-electron chi connectivity index (χ2n) is 20.3. The van der Waals surface area contributed by atoms with Gasteiger partial charge in [-0.3, -0.25) is 0 Å². The van der Waals surface area contributed by atoms with Crippen molar-refractivity contribution in [1.82, 2.24) is 0 Å². The predicted molar refractivity (Wildman–Crippen MR) is 340 cm³/mol. The van der Waals surface area contributed by atoms with Crippen molar-refractivity contribution in [3.8, 4) is 23.0 Å². The van der Waals surface area contributed by atoms with E-state index in [1.165, 1.54) is 101 Å². The van der Waals surface area contributed by atoms with Crippen LogP contribution in [0.2, 0.25) is 0 Å². The molecular weight excluding hydrogens is 1110 g/mol. The second-order valence-corrected chi connectivity index (χ2v) is 28.6. The first kappa shape index (κ1) is 58.5. The molecule has 0 unspecified atom stereocenters. The van der Waals surface area contributed by atoms with Crippen LogP contribution in [0.15, 0.2) is 322 Å². The Bertz CT molecular complexity index is 3610. The first-order chi connectivity index (χ1) is 40.5. The fourth-order valence-electron chi connectivity index (χ4n) is 9.64. The van der Waals surface area contributed by atoms with Crippen LogP contribution in [0.25, 0.3) is 10.8 Å². The van der Waals surface area contributed by atoms with Gasteiger partial charge in [-0.25, -0.2) is 13.2 Å². The van der Waals surface area contributed by atoms with Crippen molar-refractivity contribution in [3.63, 3.8) is 0 Å². The largest absolute Gasteiger partial charge is 0.496 e. The van der Waals surface area contributed by atoms with Gasteiger partial charge < -0.3 is 14.2 Å². The zero-order chi connectivity index (χ0) is 57.5. The molecule has 0 atom stereocenters. The summed E-state index contributed by atoms with van der Waals surface area (Å²) in [6.07, 6.45) is 2.78. The summed E-state index contributed by atoms with van der Waals surface area (Å²) in [5, 5.41) is 2.64. The van der Waals surface area contributed by atoms with Crippen LogP contribution >= 0.6 is 0 Å². The number of rotatable bonds is 10. The van der Waals surface area contributed by atoms with Crippen molar-refractivity contribution in [2.24, 2.45) is 0 Å². The number of hydrogen-bond acceptors (Lipinski definition) is 3. The SMILES string of the molecule is CC(C)(C)Oc1ccc([S+](c2ccccc2)c2ccccc2)cc1.COc1ccc([S+]2CCCC2)c2ccccc12.Fc1ccc([S+](c2ccc(F)cc2)c2ccc(F)cc2)cc1.c1ccc([S+]2c3ccccc3Oc3ccccc32)cc1. The molecule has 0 bridgehead atoms. The summed E-state index contributed by atoms with van der Waals surface area (Å²) in [4.78, 5) is 12.0. The summed E-state index contributed by atoms with van der Waals surface area (Å²) in [6, 6.07) is 88.8. The van der Waals surface area contributed by atoms with E-state index in [-0.39, 0.29) is 44.8 Å². The highest BCUT2D eigenvalue weighted by Gasteiger charge is 2.39. The van der Waals surface area contributed by atoms with Gasteiger partial charge in [0.2, 0.25) is 9.79 Å². The Morgan fingerprint density at radius 3 is 1.19 bits per heavy atom. The Balaban J connectivity index is 0.000000124. The van der Waals surface area contributed by atoms with E-state index in [0.29, 0.717) is 10.9 Å². The third kappa shape index (κ3) is 15.1. The van der Waals surface area contributed by atoms with Gasteiger partial charge in [0.05, 0.1) is 28.9 Å². The van der Waals surface area contributed by atoms with Crippen molar-refractivity contribution in [3.05, 3.63) is 290 Å². The van der Waals surface area contributed by atoms with Crippen LogP contribution in [0.3, 0.4) is 0 Å². The molecule has 0 spiro atoms. The summed E-state index contributed by atoms with van der Waals surface area (Å²) >= 11 is 0. The third-order valence-corrected chi connectivity index (χ3v) is 22.6. The van der Waals surface area contributed by atoms with Gasteiger partial charge in [-0.05, 0) is 210 Å². The fourth-order valence-corrected chi connectivity index (χ4v) is 18.5. The molecule has 1 fully saturated rings. The molecule has 3 nitrogen and oxygen atoms in total. The molecule has 13 rings (SSSR count). The Morgan fingerprint density at radius 1 is 0.386 bits per heavy atom. The smallest absolute Gasteiger partial charge is 0.209 e. The van der Waals surface area contributed by atoms with Crippen LogP contribution in [0.4, 0.5) is 13.2 Å². The molecule has 11 aromatic rings. The lowest BCUT2D eigenvalue weighted by atomic mass is 10.1. The van der Waals surface area contributed by atoms with Crippen LogP contribution in [-0.2, 0) is 43.6 Å². The van der Waals surface area contributed by atoms with E-state index >= 15 is 0 Å². The fraction of sp³-hybridized carbons (Fsp3) is 0.123. The van der Waals surface area contributed by atoms with Crippen LogP contribution in [-0.4, -0.2) is 24.2 Å². The quantitative estimate of drug-likeness (QED) is 0.128. The Kier molecular flexibility index (Phi) is 19.7. The zero-order valence-electron chi connectivity index (χ0n) is 46.8. The number of benzene rings is 11. The Morgan fingerprint density at radius 2 is 0.759 bits per heavy atom. The van der Waals surface area contributed by atoms with Gasteiger partial charge in [0, 0.05) is 21.7 Å². The Hall–Kier alpha value is -7.73. The second kappa shape index (κ2) is 28.0. The van der Waals surface area contributed by atoms with Crippen molar-refractivity contribution < 1.29 is 27.4 Å². The molecule has 83 heavy (non-hydrogen) atoms. The minimum atomic E-state index is -0.539. The summed E-state index contributed by atoms with van der Waals surface area (Å²) < 4.78 is 56.9. The van der Waals surface area contributed by atoms with E-state index in [0.717, 1.165) is 37.7 Å². The number of fused-ring (bicyclic) bond motifs is 3. The van der Waals surface area contributed by atoms with Crippen LogP contribution < -0.4 is 14.2 Å². The van der Waals surface area contributed by atoms with Crippen molar-refractivity contribution in [1.29, 1.82) is 0 Å². The van der Waals surface area contributed by atoms with E-state index in [1.54, 1.807) is 48.4 Å². The van der Waals surface area contributed by atoms with E-state index in [4.69, 9.17) is 14.2 Å². The molecule has 2 aliphatic rings. The lowest BCUT2D eigenvalue weighted by Gasteiger charge is -2.21. The first-order valence-corrected chi connectivity index (χ1v) is 32.8. The maximum absolute atomic E-state index is 13.2. The molecule has 2 heterocycles. The van der Waals surface area contributed by atoms with Gasteiger partial charge in [-0.2, -0.15) is 0 Å². The summed E-state index contributed by atoms with van der Waals surface area (Å²) in [5.41, 5.74) is -0.179. The molecule has 2 aliphatic heterocycles. The molecule has 0 saturated carbocycles. The number of para-hydroxylation sites is 2. The average Bonchev–Trinajstić information content (AvgIpc) is 4.19. The molecular formula is C73H65F3O3S4+4. The lowest BCUT2D eigenvalue weighted by molar-refractivity contribution is 0.131. The van der Waals surface area contributed by atoms with Gasteiger partial charge in [0.25, 0.3) is 0 Å². The minimum absolute atomic E-state index is 0.0829. The highest BCUT2D eigenvalue weighted by molar-refractivity contribution is 7.98. The summed E-state index contributed by atoms with van der Waals surface area (Å²) in [6.45, 7) is 6.21. The monoisotopic (exact) mass is 1170 g/mol. The van der Waals surface area contributed by atoms with Crippen LogP contribution in [0.1, 0.15) is 33.6 Å². The normalized spacial score (nSPS) is 12.8. The molecule has 0 aliphatic carbocycles. The van der Waals surface area contributed by atoms with Crippen LogP contribution in [0.5, 0.6) is 23.0 Å². The van der Waals surface area contributed by atoms with E-state index in [2.05, 4.69) is 197 Å². The molecule has 0 radical (unpaired) electrons. The van der Waals surface area contributed by atoms with Crippen molar-refractivity contribution in [2.45, 2.75) is 88.2 Å². The van der Waals surface area contributed by atoms with Gasteiger partial charge in [0.1, 0.15) is 57.0 Å². The van der Waals surface area contributed by atoms with Crippen molar-refractivity contribution >= 4 is 54.4 Å². The topological polar surface area (TPSA) is 27.7 Å². The highest BCUT2D eigenvalue weighted by Crippen LogP contribution is 2.47. The molecule has 11 aromatic carbocycles. The molecule has 0 aromatic heterocycles. The van der Waals surface area contributed by atoms with Gasteiger partial charge >= 0.3 is 0 Å². The van der Waals surface area contributed by atoms with Crippen LogP contribution in [0, 0.1) is 17.5 Å². The molecule has 1 saturated heterocycles. The lowest BCUT2D eigenvalue weighted by Crippen LogP contribution is -2.22. The maximum Gasteiger partial charge on any atom is 0.209 e. The van der Waals surface area contributed by atoms with Crippen molar-refractivity contribution in [2.75, 3.05) is 18.6 Å². The standard InChI is InChI=1S/C22H23OS.C18H12F3S.C18H13OS.C15H17OS/c1-22(2,3)23-18-14-16-21(17-15-18)24(19-10-6-4-7-11-19)20-12-8-5-9-13-20;19-13-1-7-16(8-2-13)22(17-9-3-14(20)4-10-17)18-11-5-15(21)6-12-18;1-2-8-14(9-3-1)20-17-12-6-4-10-15(17)19-16-11-5-7-13-18(16)20;1-16-14-8-9-15(17-10-4-5-11-17)13-7-3-2-6-12(13)14/h4-17H,1-3H3;1-12H;1-13H;2-3,6-9H,4-5,10-11H2,1H3/q4*+1. The average molecular weight is 1180 g/mol. The first-order valence-electron chi connectivity index (χ1n) is 27.5. The van der Waals surface area contributed by atoms with Gasteiger partial charge in [-0.15, -0.1) is 0 Å². The van der Waals surface area contributed by atoms with E-state index in [1.807, 2.05) is 24.3 Å². The summed E-state index contributed by atoms with van der Waals surface area (Å²) in [7, 11) is 1.49. The number of methoxy groups -OCH3 is 1. The summed E-state index contributed by atoms with van der Waals surface area (Å²) in [5.74, 6) is 5.65. The maximum atomic E-state index is 13.2. The van der Waals surface area contributed by atoms with E-state index in [9.17, 15) is 13.2 Å². The highest BCUT2D eigenvalue weighted by atomic mass is 32.2. The predicted octanol–water partition coefficient (Wildman–Crippen LogP) is 19.7. The van der Waals surface area contributed by atoms with Gasteiger partial charge in [-0.1, -0.05) is 97.1 Å². The molecule has 0 amide bonds. The van der Waals surface area contributed by atoms with Gasteiger partial charge in [0.15, 0.2) is 50.7 Å². The third-order valence-electron chi connectivity index (χ3n) is 13.3. The molecule has 0 N–H and O–H groups in total. The van der Waals surface area contributed by atoms with E-state index < -0.39 is 10.9 Å². The Labute approximate surface area is 498 Å². The number of hydrogen-bond donors (Lipinski definition) is 0. The molecule has 10 heteroatoms. The molecule has 416 valence electrons. The number of ether oxygens (including phenoxy) is 3. The number of halogens is 3. The zero-order valence-corrected chi connectivity index (χ0v) is 50.1. The minimum Gasteiger partial charge on any atom is -0.496 e.